The summed E-state index contributed by atoms with van der Waals surface area (Å²) in [6.07, 6.45) is 1.69. The third-order valence-electron chi connectivity index (χ3n) is 7.57. The number of likely N-dealkylation sites (tertiary alicyclic amines) is 1. The van der Waals surface area contributed by atoms with Gasteiger partial charge in [-0.2, -0.15) is 0 Å². The number of ether oxygens (including phenoxy) is 2. The minimum atomic E-state index is -0.341. The molecule has 0 radical (unpaired) electrons. The predicted molar refractivity (Wildman–Crippen MR) is 137 cm³/mol. The lowest BCUT2D eigenvalue weighted by atomic mass is 9.86. The van der Waals surface area contributed by atoms with Crippen LogP contribution in [0, 0.1) is 5.92 Å². The minimum Gasteiger partial charge on any atom is -0.496 e. The highest BCUT2D eigenvalue weighted by Gasteiger charge is 2.40. The van der Waals surface area contributed by atoms with E-state index in [-0.39, 0.29) is 11.2 Å². The van der Waals surface area contributed by atoms with Crippen LogP contribution in [0.4, 0.5) is 0 Å². The molecule has 7 nitrogen and oxygen atoms in total. The molecule has 4 aromatic rings. The van der Waals surface area contributed by atoms with Crippen LogP contribution >= 0.6 is 0 Å². The van der Waals surface area contributed by atoms with Crippen LogP contribution in [0.2, 0.25) is 0 Å². The van der Waals surface area contributed by atoms with Gasteiger partial charge in [0, 0.05) is 42.4 Å². The first kappa shape index (κ1) is 21.9. The van der Waals surface area contributed by atoms with E-state index in [1.165, 1.54) is 10.1 Å². The summed E-state index contributed by atoms with van der Waals surface area (Å²) < 4.78 is 13.0. The molecule has 180 valence electrons. The Morgan fingerprint density at radius 3 is 2.71 bits per heavy atom. The van der Waals surface area contributed by atoms with Gasteiger partial charge in [0.05, 0.1) is 24.6 Å². The summed E-state index contributed by atoms with van der Waals surface area (Å²) in [7, 11) is 1.71. The number of rotatable bonds is 6. The number of aromatic amines is 1. The zero-order valence-electron chi connectivity index (χ0n) is 19.8. The molecule has 2 atom stereocenters. The molecule has 7 heteroatoms. The molecule has 3 aromatic carbocycles. The number of unbranched alkanes of at least 4 members (excludes halogenated alkanes) is 1. The van der Waals surface area contributed by atoms with Crippen LogP contribution in [-0.2, 0) is 6.54 Å². The van der Waals surface area contributed by atoms with Crippen molar-refractivity contribution in [2.75, 3.05) is 33.4 Å². The third-order valence-corrected chi connectivity index (χ3v) is 7.57. The van der Waals surface area contributed by atoms with Crippen molar-refractivity contribution in [1.29, 1.82) is 0 Å². The molecule has 35 heavy (non-hydrogen) atoms. The Morgan fingerprint density at radius 2 is 1.83 bits per heavy atom. The molecule has 1 fully saturated rings. The van der Waals surface area contributed by atoms with Crippen molar-refractivity contribution >= 4 is 21.7 Å². The molecule has 2 aliphatic rings. The highest BCUT2D eigenvalue weighted by Crippen LogP contribution is 2.46. The van der Waals surface area contributed by atoms with Gasteiger partial charge in [-0.25, -0.2) is 4.79 Å². The smallest absolute Gasteiger partial charge is 0.328 e. The van der Waals surface area contributed by atoms with Crippen molar-refractivity contribution in [2.45, 2.75) is 25.3 Å². The summed E-state index contributed by atoms with van der Waals surface area (Å²) in [5.41, 5.74) is 1.25. The number of methoxy groups -OCH3 is 1. The molecule has 1 aromatic heterocycles. The fraction of sp³-hybridized carbons (Fsp3) is 0.357. The molecule has 0 bridgehead atoms. The standard InChI is InChI=1S/C28H29N3O4/c1-34-23-9-6-10-24-25(23)22-16-30(15-19(22)17-35-24)13-4-5-14-31-27(32)21-12-11-18-7-2-3-8-20(18)26(21)29-28(31)33/h2-3,6-12,19,22H,4-5,13-17H2,1H3,(H,29,33)/t19-,22+/m0/s1. The summed E-state index contributed by atoms with van der Waals surface area (Å²) in [4.78, 5) is 31.3. The van der Waals surface area contributed by atoms with Crippen molar-refractivity contribution in [3.05, 3.63) is 81.0 Å². The van der Waals surface area contributed by atoms with Crippen molar-refractivity contribution in [3.63, 3.8) is 0 Å². The van der Waals surface area contributed by atoms with E-state index in [0.717, 1.165) is 61.4 Å². The van der Waals surface area contributed by atoms with Gasteiger partial charge in [-0.05, 0) is 43.0 Å². The lowest BCUT2D eigenvalue weighted by Gasteiger charge is -2.29. The molecular formula is C28H29N3O4. The first-order valence-corrected chi connectivity index (χ1v) is 12.3. The van der Waals surface area contributed by atoms with Gasteiger partial charge in [0.25, 0.3) is 5.56 Å². The highest BCUT2D eigenvalue weighted by atomic mass is 16.5. The average Bonchev–Trinajstić information content (AvgIpc) is 3.31. The number of aromatic nitrogens is 2. The quantitative estimate of drug-likeness (QED) is 0.343. The lowest BCUT2D eigenvalue weighted by Crippen LogP contribution is -2.35. The average molecular weight is 472 g/mol. The summed E-state index contributed by atoms with van der Waals surface area (Å²) in [6.45, 7) is 4.05. The number of nitrogens with one attached hydrogen (secondary N) is 1. The molecular weight excluding hydrogens is 442 g/mol. The molecule has 2 aliphatic heterocycles. The topological polar surface area (TPSA) is 76.6 Å². The maximum Gasteiger partial charge on any atom is 0.328 e. The van der Waals surface area contributed by atoms with E-state index < -0.39 is 0 Å². The van der Waals surface area contributed by atoms with E-state index in [4.69, 9.17) is 9.47 Å². The van der Waals surface area contributed by atoms with Gasteiger partial charge in [-0.1, -0.05) is 36.4 Å². The summed E-state index contributed by atoms with van der Waals surface area (Å²) in [6, 6.07) is 17.5. The van der Waals surface area contributed by atoms with Crippen molar-refractivity contribution in [3.8, 4) is 11.5 Å². The molecule has 0 unspecified atom stereocenters. The normalized spacial score (nSPS) is 19.5. The summed E-state index contributed by atoms with van der Waals surface area (Å²) in [5.74, 6) is 2.71. The first-order valence-electron chi connectivity index (χ1n) is 12.3. The Morgan fingerprint density at radius 1 is 0.971 bits per heavy atom. The largest absolute Gasteiger partial charge is 0.496 e. The van der Waals surface area contributed by atoms with Gasteiger partial charge >= 0.3 is 5.69 Å². The molecule has 1 saturated heterocycles. The van der Waals surface area contributed by atoms with E-state index in [1.54, 1.807) is 7.11 Å². The summed E-state index contributed by atoms with van der Waals surface area (Å²) in [5, 5.41) is 2.45. The second-order valence-electron chi connectivity index (χ2n) is 9.61. The monoisotopic (exact) mass is 471 g/mol. The number of hydrogen-bond donors (Lipinski definition) is 1. The molecule has 1 N–H and O–H groups in total. The Hall–Kier alpha value is -3.58. The fourth-order valence-corrected chi connectivity index (χ4v) is 5.83. The number of hydrogen-bond acceptors (Lipinski definition) is 5. The van der Waals surface area contributed by atoms with Crippen LogP contribution in [0.5, 0.6) is 11.5 Å². The van der Waals surface area contributed by atoms with Crippen LogP contribution in [-0.4, -0.2) is 47.8 Å². The second-order valence-corrected chi connectivity index (χ2v) is 9.61. The van der Waals surface area contributed by atoms with E-state index in [0.29, 0.717) is 29.3 Å². The predicted octanol–water partition coefficient (Wildman–Crippen LogP) is 3.74. The third kappa shape index (κ3) is 3.80. The Labute approximate surface area is 202 Å². The Bertz CT molecular complexity index is 1510. The Kier molecular flexibility index (Phi) is 5.57. The summed E-state index contributed by atoms with van der Waals surface area (Å²) >= 11 is 0. The molecule has 0 saturated carbocycles. The SMILES string of the molecule is COc1cccc2c1[C@@H]1CN(CCCCn3c(=O)[nH]c4c(ccc5ccccc54)c3=O)C[C@H]1CO2. The number of H-pyrrole nitrogens is 1. The highest BCUT2D eigenvalue weighted by molar-refractivity contribution is 6.04. The Balaban J connectivity index is 1.13. The van der Waals surface area contributed by atoms with E-state index in [1.807, 2.05) is 54.6 Å². The van der Waals surface area contributed by atoms with Gasteiger partial charge in [-0.3, -0.25) is 9.36 Å². The molecule has 0 amide bonds. The van der Waals surface area contributed by atoms with Gasteiger partial charge < -0.3 is 19.4 Å². The van der Waals surface area contributed by atoms with Gasteiger partial charge in [0.2, 0.25) is 0 Å². The second kappa shape index (κ2) is 8.89. The van der Waals surface area contributed by atoms with Crippen LogP contribution in [0.1, 0.15) is 24.3 Å². The zero-order valence-corrected chi connectivity index (χ0v) is 19.8. The van der Waals surface area contributed by atoms with Crippen LogP contribution < -0.4 is 20.7 Å². The molecule has 0 spiro atoms. The molecule has 3 heterocycles. The van der Waals surface area contributed by atoms with Crippen LogP contribution in [0.25, 0.3) is 21.7 Å². The van der Waals surface area contributed by atoms with E-state index in [2.05, 4.69) is 9.88 Å². The van der Waals surface area contributed by atoms with Gasteiger partial charge in [-0.15, -0.1) is 0 Å². The van der Waals surface area contributed by atoms with Gasteiger partial charge in [0.15, 0.2) is 0 Å². The van der Waals surface area contributed by atoms with Crippen molar-refractivity contribution in [2.24, 2.45) is 5.92 Å². The first-order chi connectivity index (χ1) is 17.1. The van der Waals surface area contributed by atoms with Crippen LogP contribution in [0.15, 0.2) is 64.2 Å². The minimum absolute atomic E-state index is 0.220. The maximum absolute atomic E-state index is 13.1. The van der Waals surface area contributed by atoms with E-state index >= 15 is 0 Å². The number of fused-ring (bicyclic) bond motifs is 6. The fourth-order valence-electron chi connectivity index (χ4n) is 5.83. The van der Waals surface area contributed by atoms with Crippen LogP contribution in [0.3, 0.4) is 0 Å². The number of benzene rings is 3. The lowest BCUT2D eigenvalue weighted by molar-refractivity contribution is 0.209. The molecule has 6 rings (SSSR count). The van der Waals surface area contributed by atoms with Crippen molar-refractivity contribution in [1.82, 2.24) is 14.5 Å². The number of nitrogens with zero attached hydrogens (tertiary/aromatic N) is 2. The maximum atomic E-state index is 13.1. The van der Waals surface area contributed by atoms with E-state index in [9.17, 15) is 9.59 Å². The van der Waals surface area contributed by atoms with Crippen molar-refractivity contribution < 1.29 is 9.47 Å². The zero-order chi connectivity index (χ0) is 23.9. The molecule has 0 aliphatic carbocycles. The van der Waals surface area contributed by atoms with Gasteiger partial charge in [0.1, 0.15) is 11.5 Å².